The molecule has 1 fully saturated rings. The van der Waals surface area contributed by atoms with Crippen LogP contribution in [0.5, 0.6) is 0 Å². The van der Waals surface area contributed by atoms with Gasteiger partial charge in [-0.25, -0.2) is 0 Å². The molecule has 0 bridgehead atoms. The van der Waals surface area contributed by atoms with Gasteiger partial charge >= 0.3 is 0 Å². The van der Waals surface area contributed by atoms with E-state index in [0.29, 0.717) is 12.8 Å². The maximum atomic E-state index is 12.9. The molecule has 0 spiro atoms. The average Bonchev–Trinajstić information content (AvgIpc) is 3.17. The van der Waals surface area contributed by atoms with Crippen LogP contribution < -0.4 is 5.32 Å². The van der Waals surface area contributed by atoms with Crippen molar-refractivity contribution in [3.8, 4) is 0 Å². The molecule has 54 heavy (non-hydrogen) atoms. The van der Waals surface area contributed by atoms with Gasteiger partial charge in [-0.2, -0.15) is 0 Å². The molecule has 9 nitrogen and oxygen atoms in total. The molecule has 0 saturated carbocycles. The normalized spacial score (nSPS) is 21.4. The molecule has 0 aromatic heterocycles. The van der Waals surface area contributed by atoms with Gasteiger partial charge in [0.25, 0.3) is 0 Å². The molecular weight excluding hydrogens is 682 g/mol. The lowest BCUT2D eigenvalue weighted by Crippen LogP contribution is -2.60. The smallest absolute Gasteiger partial charge is 0.220 e. The van der Waals surface area contributed by atoms with E-state index in [9.17, 15) is 30.3 Å². The van der Waals surface area contributed by atoms with Gasteiger partial charge in [-0.1, -0.05) is 206 Å². The standard InChI is InChI=1S/C45H89NO8/c1-3-5-7-9-11-13-15-16-17-18-19-20-21-22-23-24-25-27-29-31-33-35-41(49)46-38(37-53-45-44(52)43(51)42(50)40(36-47)54-45)39(48)34-32-30-28-26-14-12-10-8-6-4-2/h38-40,42-45,47-48,50-52H,3-37H2,1-2H3,(H,46,49)/t38-,39+,40+,42-,43?,44?,45+/m0/s1. The molecule has 1 saturated heterocycles. The van der Waals surface area contributed by atoms with Crippen LogP contribution >= 0.6 is 0 Å². The van der Waals surface area contributed by atoms with Gasteiger partial charge in [0.05, 0.1) is 25.4 Å². The average molecular weight is 772 g/mol. The first-order valence-electron chi connectivity index (χ1n) is 23.2. The second-order valence-electron chi connectivity index (χ2n) is 16.6. The Hall–Kier alpha value is -0.810. The van der Waals surface area contributed by atoms with Crippen LogP contribution in [-0.4, -0.2) is 87.5 Å². The van der Waals surface area contributed by atoms with E-state index < -0.39 is 49.5 Å². The monoisotopic (exact) mass is 772 g/mol. The van der Waals surface area contributed by atoms with E-state index in [2.05, 4.69) is 19.2 Å². The van der Waals surface area contributed by atoms with E-state index in [-0.39, 0.29) is 12.5 Å². The zero-order chi connectivity index (χ0) is 39.5. The van der Waals surface area contributed by atoms with Gasteiger partial charge in [-0.3, -0.25) is 4.79 Å². The third-order valence-electron chi connectivity index (χ3n) is 11.5. The molecule has 7 atom stereocenters. The Kier molecular flexibility index (Phi) is 34.6. The quantitative estimate of drug-likeness (QED) is 0.0339. The molecule has 6 N–H and O–H groups in total. The first-order valence-corrected chi connectivity index (χ1v) is 23.2. The fourth-order valence-electron chi connectivity index (χ4n) is 7.69. The summed E-state index contributed by atoms with van der Waals surface area (Å²) in [6.07, 6.45) is 32.6. The van der Waals surface area contributed by atoms with Crippen LogP contribution in [0.4, 0.5) is 0 Å². The van der Waals surface area contributed by atoms with E-state index in [1.807, 2.05) is 0 Å². The number of aliphatic hydroxyl groups is 5. The van der Waals surface area contributed by atoms with Crippen molar-refractivity contribution in [1.29, 1.82) is 0 Å². The van der Waals surface area contributed by atoms with E-state index in [0.717, 1.165) is 38.5 Å². The number of aliphatic hydroxyl groups excluding tert-OH is 5. The molecule has 1 aliphatic heterocycles. The van der Waals surface area contributed by atoms with Crippen molar-refractivity contribution in [3.05, 3.63) is 0 Å². The lowest BCUT2D eigenvalue weighted by atomic mass is 9.99. The van der Waals surface area contributed by atoms with Crippen molar-refractivity contribution in [2.75, 3.05) is 13.2 Å². The molecule has 0 aliphatic carbocycles. The van der Waals surface area contributed by atoms with E-state index in [4.69, 9.17) is 9.47 Å². The topological polar surface area (TPSA) is 149 Å². The number of carbonyl (C=O) groups is 1. The highest BCUT2D eigenvalue weighted by molar-refractivity contribution is 5.76. The molecule has 0 aromatic rings. The summed E-state index contributed by atoms with van der Waals surface area (Å²) in [5.74, 6) is -0.141. The van der Waals surface area contributed by atoms with E-state index >= 15 is 0 Å². The number of carbonyl (C=O) groups excluding carboxylic acids is 1. The fourth-order valence-corrected chi connectivity index (χ4v) is 7.69. The first-order chi connectivity index (χ1) is 26.3. The second-order valence-corrected chi connectivity index (χ2v) is 16.6. The predicted octanol–water partition coefficient (Wildman–Crippen LogP) is 9.56. The maximum Gasteiger partial charge on any atom is 0.220 e. The highest BCUT2D eigenvalue weighted by Crippen LogP contribution is 2.23. The van der Waals surface area contributed by atoms with Crippen molar-refractivity contribution >= 4 is 5.91 Å². The molecule has 0 aromatic carbocycles. The van der Waals surface area contributed by atoms with Gasteiger partial charge < -0.3 is 40.3 Å². The van der Waals surface area contributed by atoms with Crippen LogP contribution in [0.2, 0.25) is 0 Å². The molecule has 0 radical (unpaired) electrons. The third-order valence-corrected chi connectivity index (χ3v) is 11.5. The summed E-state index contributed by atoms with van der Waals surface area (Å²) < 4.78 is 11.2. The molecule has 1 amide bonds. The summed E-state index contributed by atoms with van der Waals surface area (Å²) in [5.41, 5.74) is 0. The van der Waals surface area contributed by atoms with Gasteiger partial charge in [0.1, 0.15) is 24.4 Å². The number of ether oxygens (including phenoxy) is 2. The summed E-state index contributed by atoms with van der Waals surface area (Å²) >= 11 is 0. The van der Waals surface area contributed by atoms with E-state index in [1.54, 1.807) is 0 Å². The van der Waals surface area contributed by atoms with Crippen LogP contribution in [0, 0.1) is 0 Å². The number of hydrogen-bond acceptors (Lipinski definition) is 8. The molecule has 9 heteroatoms. The maximum absolute atomic E-state index is 12.9. The largest absolute Gasteiger partial charge is 0.394 e. The molecule has 322 valence electrons. The summed E-state index contributed by atoms with van der Waals surface area (Å²) in [5, 5.41) is 54.2. The SMILES string of the molecule is CCCCCCCCCCCCCCCCCCCCCCCC(=O)N[C@@H](CO[C@@H]1O[C@H](CO)[C@H](O)C(O)C1O)[C@H](O)CCCCCCCCCCCC. The first kappa shape index (κ1) is 51.2. The van der Waals surface area contributed by atoms with Crippen LogP contribution in [-0.2, 0) is 14.3 Å². The van der Waals surface area contributed by atoms with Crippen LogP contribution in [0.25, 0.3) is 0 Å². The molecule has 1 aliphatic rings. The minimum Gasteiger partial charge on any atom is -0.394 e. The zero-order valence-corrected chi connectivity index (χ0v) is 35.3. The summed E-state index contributed by atoms with van der Waals surface area (Å²) in [7, 11) is 0. The second kappa shape index (κ2) is 36.5. The Labute approximate surface area is 332 Å². The van der Waals surface area contributed by atoms with Crippen molar-refractivity contribution in [2.45, 2.75) is 269 Å². The Morgan fingerprint density at radius 3 is 1.31 bits per heavy atom. The number of unbranched alkanes of at least 4 members (excludes halogenated alkanes) is 29. The minimum absolute atomic E-state index is 0.132. The molecule has 1 rings (SSSR count). The number of amides is 1. The van der Waals surface area contributed by atoms with Gasteiger partial charge in [-0.15, -0.1) is 0 Å². The predicted molar refractivity (Wildman–Crippen MR) is 221 cm³/mol. The highest BCUT2D eigenvalue weighted by Gasteiger charge is 2.44. The van der Waals surface area contributed by atoms with Crippen LogP contribution in [0.15, 0.2) is 0 Å². The minimum atomic E-state index is -1.55. The summed E-state index contributed by atoms with van der Waals surface area (Å²) in [6, 6.07) is -0.710. The number of nitrogens with one attached hydrogen (secondary N) is 1. The van der Waals surface area contributed by atoms with E-state index in [1.165, 1.54) is 161 Å². The lowest BCUT2D eigenvalue weighted by Gasteiger charge is -2.40. The Morgan fingerprint density at radius 2 is 0.926 bits per heavy atom. The molecule has 2 unspecified atom stereocenters. The number of rotatable bonds is 39. The lowest BCUT2D eigenvalue weighted by molar-refractivity contribution is -0.302. The third kappa shape index (κ3) is 26.9. The van der Waals surface area contributed by atoms with Gasteiger partial charge in [0.2, 0.25) is 5.91 Å². The number of hydrogen-bond donors (Lipinski definition) is 6. The molecule has 1 heterocycles. The zero-order valence-electron chi connectivity index (χ0n) is 35.3. The highest BCUT2D eigenvalue weighted by atomic mass is 16.7. The van der Waals surface area contributed by atoms with Crippen LogP contribution in [0.1, 0.15) is 226 Å². The van der Waals surface area contributed by atoms with Crippen molar-refractivity contribution < 1.29 is 39.8 Å². The van der Waals surface area contributed by atoms with Crippen molar-refractivity contribution in [2.24, 2.45) is 0 Å². The Balaban J connectivity index is 2.24. The van der Waals surface area contributed by atoms with Crippen LogP contribution in [0.3, 0.4) is 0 Å². The summed E-state index contributed by atoms with van der Waals surface area (Å²) in [4.78, 5) is 12.9. The van der Waals surface area contributed by atoms with Crippen molar-refractivity contribution in [1.82, 2.24) is 5.32 Å². The summed E-state index contributed by atoms with van der Waals surface area (Å²) in [6.45, 7) is 3.83. The Morgan fingerprint density at radius 1 is 0.556 bits per heavy atom. The van der Waals surface area contributed by atoms with Gasteiger partial charge in [-0.05, 0) is 12.8 Å². The van der Waals surface area contributed by atoms with Gasteiger partial charge in [0.15, 0.2) is 6.29 Å². The molecular formula is C45H89NO8. The van der Waals surface area contributed by atoms with Gasteiger partial charge in [0, 0.05) is 6.42 Å². The Bertz CT molecular complexity index is 817. The van der Waals surface area contributed by atoms with Crippen molar-refractivity contribution in [3.63, 3.8) is 0 Å². The fraction of sp³-hybridized carbons (Fsp3) is 0.978.